The van der Waals surface area contributed by atoms with Crippen molar-refractivity contribution in [3.8, 4) is 17.2 Å². The summed E-state index contributed by atoms with van der Waals surface area (Å²) in [5.41, 5.74) is 8.02. The number of nitrogens with zero attached hydrogens (tertiary/aromatic N) is 9. The maximum atomic E-state index is 11.5. The average molecular weight is 1370 g/mol. The maximum Gasteiger partial charge on any atom is 2.00 e. The summed E-state index contributed by atoms with van der Waals surface area (Å²) in [6, 6.07) is 31.1. The number of hydrogen-bond donors (Lipinski definition) is 0. The van der Waals surface area contributed by atoms with Crippen molar-refractivity contribution in [1.82, 2.24) is 44.4 Å². The van der Waals surface area contributed by atoms with E-state index in [9.17, 15) is 29.7 Å². The van der Waals surface area contributed by atoms with Gasteiger partial charge in [-0.15, -0.1) is 0 Å². The molecule has 0 amide bonds. The van der Waals surface area contributed by atoms with E-state index in [0.717, 1.165) is 78.5 Å². The van der Waals surface area contributed by atoms with Crippen LogP contribution in [0.15, 0.2) is 124 Å². The van der Waals surface area contributed by atoms with Crippen LogP contribution in [-0.4, -0.2) is 129 Å². The van der Waals surface area contributed by atoms with E-state index in [-0.39, 0.29) is 58.4 Å². The van der Waals surface area contributed by atoms with Crippen molar-refractivity contribution in [2.75, 3.05) is 99.7 Å². The second-order valence-corrected chi connectivity index (χ2v) is 21.7. The van der Waals surface area contributed by atoms with Crippen LogP contribution < -0.4 is 46.9 Å². The molecular formula is C63H87N9O6Ru3. The van der Waals surface area contributed by atoms with Gasteiger partial charge in [0.05, 0.1) is 16.7 Å². The molecule has 15 nitrogen and oxygen atoms in total. The summed E-state index contributed by atoms with van der Waals surface area (Å²) >= 11 is 0. The van der Waals surface area contributed by atoms with E-state index in [4.69, 9.17) is 0 Å². The summed E-state index contributed by atoms with van der Waals surface area (Å²) in [6.07, 6.45) is 4.24. The van der Waals surface area contributed by atoms with Gasteiger partial charge in [-0.2, -0.15) is 18.6 Å². The Kier molecular flexibility index (Phi) is 36.0. The Morgan fingerprint density at radius 1 is 0.358 bits per heavy atom. The van der Waals surface area contributed by atoms with Crippen LogP contribution in [0.1, 0.15) is 109 Å². The third-order valence-electron chi connectivity index (χ3n) is 14.1. The van der Waals surface area contributed by atoms with Crippen molar-refractivity contribution in [3.63, 3.8) is 0 Å². The van der Waals surface area contributed by atoms with E-state index >= 15 is 0 Å². The standard InChI is InChI=1S/3C11H17N3O2.3C10H14.3Ru/c3*1-13-4-6-14(7-5-13)8-9-2-3-12-11(16)10(9)15;3*1-8(2)10-6-4-9(3)5-7-10;;;/h3*2-3H,4-8H2,1H3,(H2,12,15,16);3*4-8H,1-3H3;;;/q;;;;;;3*+2/p-6. The largest absolute Gasteiger partial charge is 2.00 e. The van der Waals surface area contributed by atoms with Gasteiger partial charge >= 0.3 is 58.4 Å². The molecule has 18 heteroatoms. The Labute approximate surface area is 521 Å². The zero-order chi connectivity index (χ0) is 57.3. The van der Waals surface area contributed by atoms with Crippen LogP contribution in [0.5, 0.6) is 17.2 Å². The predicted octanol–water partition coefficient (Wildman–Crippen LogP) is 5.82. The number of aromatic nitrogens is 3. The number of aryl methyl sites for hydroxylation is 3. The van der Waals surface area contributed by atoms with Crippen LogP contribution in [0.3, 0.4) is 0 Å². The van der Waals surface area contributed by atoms with Crippen LogP contribution in [0, 0.1) is 20.8 Å². The molecule has 3 aromatic heterocycles. The Bertz CT molecular complexity index is 2510. The van der Waals surface area contributed by atoms with Crippen LogP contribution in [0.4, 0.5) is 0 Å². The first-order chi connectivity index (χ1) is 37.1. The van der Waals surface area contributed by atoms with Crippen molar-refractivity contribution < 1.29 is 73.8 Å². The van der Waals surface area contributed by atoms with Gasteiger partial charge < -0.3 is 59.4 Å². The van der Waals surface area contributed by atoms with Crippen LogP contribution in [-0.2, 0) is 78.1 Å². The smallest absolute Gasteiger partial charge is 0.871 e. The summed E-state index contributed by atoms with van der Waals surface area (Å²) in [7, 11) is 6.25. The normalized spacial score (nSPS) is 15.0. The van der Waals surface area contributed by atoms with Gasteiger partial charge in [0.2, 0.25) is 0 Å². The molecule has 0 unspecified atom stereocenters. The Morgan fingerprint density at radius 2 is 0.556 bits per heavy atom. The molecule has 3 fully saturated rings. The summed E-state index contributed by atoms with van der Waals surface area (Å²) in [6.45, 7) is 32.9. The molecule has 6 aromatic rings. The van der Waals surface area contributed by atoms with Gasteiger partial charge in [0.25, 0.3) is 0 Å². The molecule has 0 atom stereocenters. The summed E-state index contributed by atoms with van der Waals surface area (Å²) in [5, 5.41) is 34.5. The third kappa shape index (κ3) is 27.7. The van der Waals surface area contributed by atoms with Crippen LogP contribution in [0.2, 0.25) is 0 Å². The van der Waals surface area contributed by atoms with Gasteiger partial charge in [0.1, 0.15) is 0 Å². The number of benzene rings is 3. The second-order valence-electron chi connectivity index (χ2n) is 21.7. The van der Waals surface area contributed by atoms with Gasteiger partial charge in [0.15, 0.2) is 0 Å². The number of piperazine rings is 3. The molecule has 3 saturated heterocycles. The fraction of sp³-hybridized carbons (Fsp3) is 0.476. The summed E-state index contributed by atoms with van der Waals surface area (Å²) in [5.74, 6) is 0.589. The molecule has 6 heterocycles. The molecule has 0 saturated carbocycles. The van der Waals surface area contributed by atoms with Gasteiger partial charge in [-0.25, -0.2) is 0 Å². The SMILES string of the molecule is CN1CCN(Cc2cc[n-]c(=O)c2[O-])CC1.CN1CCN(Cc2cc[n-]c(=O)c2[O-])CC1.CN1CCN(Cc2cc[n-]c(=O)c2[O-])CC1.Cc1ccc(C(C)C)cc1.Cc1ccc(C(C)C)cc1.Cc1ccc(C(C)C)cc1.[Ru+2].[Ru+2].[Ru+2]. The average Bonchev–Trinajstić information content (AvgIpc) is 3.41. The van der Waals surface area contributed by atoms with Crippen LogP contribution in [0.25, 0.3) is 0 Å². The molecule has 9 rings (SSSR count). The maximum absolute atomic E-state index is 11.5. The molecule has 3 aliphatic rings. The molecule has 0 N–H and O–H groups in total. The molecule has 0 spiro atoms. The first-order valence-corrected chi connectivity index (χ1v) is 27.5. The van der Waals surface area contributed by atoms with E-state index in [1.54, 1.807) is 18.2 Å². The number of rotatable bonds is 9. The molecule has 0 aliphatic carbocycles. The zero-order valence-electron chi connectivity index (χ0n) is 49.8. The van der Waals surface area contributed by atoms with Gasteiger partial charge in [-0.05, 0) is 93.0 Å². The fourth-order valence-electron chi connectivity index (χ4n) is 8.37. The minimum absolute atomic E-state index is 0. The molecule has 0 radical (unpaired) electrons. The van der Waals surface area contributed by atoms with Crippen molar-refractivity contribution in [2.45, 2.75) is 99.7 Å². The monoisotopic (exact) mass is 1370 g/mol. The molecule has 3 aliphatic heterocycles. The number of hydrogen-bond acceptors (Lipinski definition) is 12. The van der Waals surface area contributed by atoms with E-state index in [1.807, 2.05) is 0 Å². The third-order valence-corrected chi connectivity index (χ3v) is 14.1. The van der Waals surface area contributed by atoms with Crippen molar-refractivity contribution >= 4 is 0 Å². The van der Waals surface area contributed by atoms with Crippen molar-refractivity contribution in [3.05, 3.63) is 191 Å². The molecule has 3 aromatic carbocycles. The van der Waals surface area contributed by atoms with Gasteiger partial charge in [-0.3, -0.25) is 14.7 Å². The second kappa shape index (κ2) is 39.2. The minimum Gasteiger partial charge on any atom is -0.871 e. The summed E-state index contributed by atoms with van der Waals surface area (Å²) in [4.78, 5) is 56.9. The van der Waals surface area contributed by atoms with Crippen molar-refractivity contribution in [1.29, 1.82) is 0 Å². The molecular weight excluding hydrogens is 1280 g/mol. The Balaban J connectivity index is 0.000000489. The van der Waals surface area contributed by atoms with E-state index in [1.165, 1.54) is 52.0 Å². The topological polar surface area (TPSA) is 182 Å². The predicted molar refractivity (Wildman–Crippen MR) is 311 cm³/mol. The van der Waals surface area contributed by atoms with E-state index < -0.39 is 33.9 Å². The quantitative estimate of drug-likeness (QED) is 0.158. The fourth-order valence-corrected chi connectivity index (χ4v) is 8.37. The zero-order valence-corrected chi connectivity index (χ0v) is 55.0. The molecule has 0 bridgehead atoms. The van der Waals surface area contributed by atoms with Crippen molar-refractivity contribution in [2.24, 2.45) is 0 Å². The Morgan fingerprint density at radius 3 is 0.741 bits per heavy atom. The summed E-state index contributed by atoms with van der Waals surface area (Å²) < 4.78 is 0. The van der Waals surface area contributed by atoms with E-state index in [2.05, 4.69) is 201 Å². The Hall–Kier alpha value is -4.46. The first-order valence-electron chi connectivity index (χ1n) is 27.5. The van der Waals surface area contributed by atoms with Crippen LogP contribution >= 0.6 is 0 Å². The molecule has 444 valence electrons. The number of likely N-dealkylation sites (N-methyl/N-ethyl adjacent to an activating group) is 3. The van der Waals surface area contributed by atoms with E-state index in [0.29, 0.717) is 54.1 Å². The van der Waals surface area contributed by atoms with Gasteiger partial charge in [-0.1, -0.05) is 166 Å². The first kappa shape index (κ1) is 74.6. The molecule has 81 heavy (non-hydrogen) atoms. The number of pyridine rings is 3. The minimum atomic E-state index is -0.647. The van der Waals surface area contributed by atoms with Gasteiger partial charge in [0, 0.05) is 98.2 Å².